The highest BCUT2D eigenvalue weighted by Crippen LogP contribution is 1.79. The molecule has 0 bridgehead atoms. The second-order valence-corrected chi connectivity index (χ2v) is 1.70. The third-order valence-electron chi connectivity index (χ3n) is 0.659. The van der Waals surface area contributed by atoms with Crippen LogP contribution in [0.5, 0.6) is 0 Å². The van der Waals surface area contributed by atoms with Gasteiger partial charge in [-0.2, -0.15) is 0 Å². The molecule has 0 heterocycles. The highest BCUT2D eigenvalue weighted by atomic mass is 28.2. The standard InChI is InChI=1S/C3H10O2Si/c1-3(2-4)5-6/h3-4H,2H2,1,6H3/t3-/m1/s1. The predicted molar refractivity (Wildman–Crippen MR) is 27.6 cm³/mol. The lowest BCUT2D eigenvalue weighted by Crippen LogP contribution is -2.09. The zero-order valence-electron chi connectivity index (χ0n) is 4.14. The normalized spacial score (nSPS) is 15.0. The molecule has 6 heavy (non-hydrogen) atoms. The minimum absolute atomic E-state index is 0.0525. The van der Waals surface area contributed by atoms with Gasteiger partial charge in [0.15, 0.2) is 0 Å². The Labute approximate surface area is 40.7 Å². The maximum absolute atomic E-state index is 8.23. The van der Waals surface area contributed by atoms with Crippen molar-refractivity contribution in [3.05, 3.63) is 0 Å². The van der Waals surface area contributed by atoms with Crippen LogP contribution in [-0.4, -0.2) is 28.3 Å². The largest absolute Gasteiger partial charge is 0.423 e. The van der Waals surface area contributed by atoms with Crippen LogP contribution in [0.25, 0.3) is 0 Å². The van der Waals surface area contributed by atoms with Crippen molar-refractivity contribution in [1.82, 2.24) is 0 Å². The second kappa shape index (κ2) is 3.33. The first-order chi connectivity index (χ1) is 2.81. The van der Waals surface area contributed by atoms with Crippen LogP contribution in [0.2, 0.25) is 0 Å². The summed E-state index contributed by atoms with van der Waals surface area (Å²) in [5.74, 6) is 0. The SMILES string of the molecule is C[C@H](CO)O[SiH3]. The van der Waals surface area contributed by atoms with E-state index in [1.165, 1.54) is 0 Å². The van der Waals surface area contributed by atoms with E-state index in [2.05, 4.69) is 0 Å². The molecule has 0 fully saturated rings. The van der Waals surface area contributed by atoms with Crippen molar-refractivity contribution < 1.29 is 9.53 Å². The summed E-state index contributed by atoms with van der Waals surface area (Å²) < 4.78 is 4.79. The van der Waals surface area contributed by atoms with Crippen molar-refractivity contribution in [1.29, 1.82) is 0 Å². The minimum atomic E-state index is 0.0525. The Morgan fingerprint density at radius 2 is 2.50 bits per heavy atom. The average Bonchev–Trinajstić information content (AvgIpc) is 1.65. The van der Waals surface area contributed by atoms with Crippen molar-refractivity contribution in [2.75, 3.05) is 6.61 Å². The number of rotatable bonds is 2. The molecule has 0 amide bonds. The van der Waals surface area contributed by atoms with E-state index in [1.807, 2.05) is 6.92 Å². The van der Waals surface area contributed by atoms with Gasteiger partial charge in [0.2, 0.25) is 0 Å². The molecule has 0 rings (SSSR count). The Morgan fingerprint density at radius 3 is 2.50 bits per heavy atom. The quantitative estimate of drug-likeness (QED) is 0.442. The van der Waals surface area contributed by atoms with Gasteiger partial charge >= 0.3 is 0 Å². The van der Waals surface area contributed by atoms with E-state index in [0.29, 0.717) is 0 Å². The number of aliphatic hydroxyl groups is 1. The van der Waals surface area contributed by atoms with Crippen LogP contribution in [0.3, 0.4) is 0 Å². The lowest BCUT2D eigenvalue weighted by molar-refractivity contribution is 0.140. The molecule has 0 radical (unpaired) electrons. The molecule has 0 aromatic carbocycles. The van der Waals surface area contributed by atoms with E-state index in [0.717, 1.165) is 10.5 Å². The third kappa shape index (κ3) is 2.38. The molecular weight excluding hydrogens is 96.1 g/mol. The van der Waals surface area contributed by atoms with Gasteiger partial charge in [0.1, 0.15) is 10.5 Å². The van der Waals surface area contributed by atoms with E-state index in [-0.39, 0.29) is 12.7 Å². The average molecular weight is 106 g/mol. The monoisotopic (exact) mass is 106 g/mol. The van der Waals surface area contributed by atoms with Gasteiger partial charge in [-0.1, -0.05) is 0 Å². The van der Waals surface area contributed by atoms with Crippen LogP contribution in [0.1, 0.15) is 6.92 Å². The van der Waals surface area contributed by atoms with Crippen LogP contribution in [0.15, 0.2) is 0 Å². The summed E-state index contributed by atoms with van der Waals surface area (Å²) in [5, 5.41) is 8.23. The van der Waals surface area contributed by atoms with E-state index >= 15 is 0 Å². The van der Waals surface area contributed by atoms with E-state index in [4.69, 9.17) is 9.53 Å². The van der Waals surface area contributed by atoms with Crippen molar-refractivity contribution in [3.63, 3.8) is 0 Å². The van der Waals surface area contributed by atoms with E-state index in [9.17, 15) is 0 Å². The Kier molecular flexibility index (Phi) is 3.41. The molecule has 1 N–H and O–H groups in total. The molecule has 0 aromatic heterocycles. The lowest BCUT2D eigenvalue weighted by atomic mass is 10.5. The first kappa shape index (κ1) is 6.14. The highest BCUT2D eigenvalue weighted by Gasteiger charge is 1.89. The summed E-state index contributed by atoms with van der Waals surface area (Å²) in [6.07, 6.45) is 0.0525. The highest BCUT2D eigenvalue weighted by molar-refractivity contribution is 5.98. The molecule has 1 atom stereocenters. The van der Waals surface area contributed by atoms with Gasteiger partial charge in [-0.3, -0.25) is 0 Å². The van der Waals surface area contributed by atoms with Crippen LogP contribution < -0.4 is 0 Å². The molecule has 0 unspecified atom stereocenters. The van der Waals surface area contributed by atoms with Crippen LogP contribution in [0.4, 0.5) is 0 Å². The number of hydrogen-bond acceptors (Lipinski definition) is 2. The fraction of sp³-hybridized carbons (Fsp3) is 1.00. The Hall–Kier alpha value is 0.137. The zero-order valence-corrected chi connectivity index (χ0v) is 6.14. The Morgan fingerprint density at radius 1 is 2.00 bits per heavy atom. The van der Waals surface area contributed by atoms with Gasteiger partial charge in [-0.05, 0) is 6.92 Å². The van der Waals surface area contributed by atoms with Crippen LogP contribution in [-0.2, 0) is 4.43 Å². The third-order valence-corrected chi connectivity index (χ3v) is 1.46. The van der Waals surface area contributed by atoms with E-state index < -0.39 is 0 Å². The smallest absolute Gasteiger partial charge is 0.146 e. The maximum atomic E-state index is 8.23. The molecule has 0 aliphatic rings. The fourth-order valence-electron chi connectivity index (χ4n) is 0.0745. The van der Waals surface area contributed by atoms with Crippen molar-refractivity contribution in [3.8, 4) is 0 Å². The summed E-state index contributed by atoms with van der Waals surface area (Å²) >= 11 is 0. The molecule has 0 aliphatic heterocycles. The first-order valence-electron chi connectivity index (χ1n) is 1.95. The molecule has 3 heteroatoms. The van der Waals surface area contributed by atoms with Crippen LogP contribution in [0, 0.1) is 0 Å². The fourth-order valence-corrected chi connectivity index (χ4v) is 0.224. The molecule has 0 saturated heterocycles. The molecule has 0 spiro atoms. The van der Waals surface area contributed by atoms with Crippen molar-refractivity contribution in [2.24, 2.45) is 0 Å². The molecular formula is C3H10O2Si. The predicted octanol–water partition coefficient (Wildman–Crippen LogP) is -1.34. The summed E-state index contributed by atoms with van der Waals surface area (Å²) in [6.45, 7) is 1.98. The zero-order chi connectivity index (χ0) is 4.99. The van der Waals surface area contributed by atoms with Crippen molar-refractivity contribution >= 4 is 10.5 Å². The molecule has 38 valence electrons. The maximum Gasteiger partial charge on any atom is 0.146 e. The first-order valence-corrected chi connectivity index (χ1v) is 2.76. The molecule has 0 saturated carbocycles. The molecule has 2 nitrogen and oxygen atoms in total. The number of aliphatic hydroxyl groups excluding tert-OH is 1. The summed E-state index contributed by atoms with van der Waals surface area (Å²) in [5.41, 5.74) is 0. The number of hydrogen-bond donors (Lipinski definition) is 1. The summed E-state index contributed by atoms with van der Waals surface area (Å²) in [6, 6.07) is 0. The topological polar surface area (TPSA) is 29.5 Å². The van der Waals surface area contributed by atoms with Gasteiger partial charge in [0.05, 0.1) is 12.7 Å². The Bertz CT molecular complexity index is 28.0. The lowest BCUT2D eigenvalue weighted by Gasteiger charge is -2.01. The van der Waals surface area contributed by atoms with Crippen LogP contribution >= 0.6 is 0 Å². The second-order valence-electron chi connectivity index (χ2n) is 1.23. The van der Waals surface area contributed by atoms with Crippen molar-refractivity contribution in [2.45, 2.75) is 13.0 Å². The summed E-state index contributed by atoms with van der Waals surface area (Å²) in [4.78, 5) is 0. The van der Waals surface area contributed by atoms with Gasteiger partial charge in [0, 0.05) is 0 Å². The molecule has 0 aromatic rings. The summed E-state index contributed by atoms with van der Waals surface area (Å²) in [7, 11) is 0.722. The van der Waals surface area contributed by atoms with Gasteiger partial charge in [-0.25, -0.2) is 0 Å². The Balaban J connectivity index is 2.75. The minimum Gasteiger partial charge on any atom is -0.423 e. The van der Waals surface area contributed by atoms with Gasteiger partial charge in [0.25, 0.3) is 0 Å². The van der Waals surface area contributed by atoms with Gasteiger partial charge in [-0.15, -0.1) is 0 Å². The van der Waals surface area contributed by atoms with E-state index in [1.54, 1.807) is 0 Å². The van der Waals surface area contributed by atoms with Gasteiger partial charge < -0.3 is 9.53 Å². The molecule has 0 aliphatic carbocycles.